The summed E-state index contributed by atoms with van der Waals surface area (Å²) in [6.45, 7) is 4.06. The first kappa shape index (κ1) is 16.3. The van der Waals surface area contributed by atoms with Gasteiger partial charge in [-0.15, -0.1) is 0 Å². The molecule has 112 valence electrons. The Labute approximate surface area is 138 Å². The summed E-state index contributed by atoms with van der Waals surface area (Å²) in [5.41, 5.74) is 7.14. The molecule has 21 heavy (non-hydrogen) atoms. The van der Waals surface area contributed by atoms with Gasteiger partial charge in [0.2, 0.25) is 0 Å². The highest BCUT2D eigenvalue weighted by Gasteiger charge is 2.19. The van der Waals surface area contributed by atoms with Gasteiger partial charge in [0.1, 0.15) is 5.75 Å². The van der Waals surface area contributed by atoms with Crippen molar-refractivity contribution in [1.29, 1.82) is 0 Å². The van der Waals surface area contributed by atoms with Gasteiger partial charge in [0, 0.05) is 9.50 Å². The van der Waals surface area contributed by atoms with Crippen LogP contribution in [0.3, 0.4) is 0 Å². The second kappa shape index (κ2) is 6.79. The van der Waals surface area contributed by atoms with Crippen LogP contribution in [0.15, 0.2) is 34.8 Å². The summed E-state index contributed by atoms with van der Waals surface area (Å²) in [4.78, 5) is 0. The Morgan fingerprint density at radius 2 is 1.86 bits per heavy atom. The third-order valence-electron chi connectivity index (χ3n) is 3.53. The highest BCUT2D eigenvalue weighted by Crippen LogP contribution is 2.34. The van der Waals surface area contributed by atoms with Crippen molar-refractivity contribution in [3.63, 3.8) is 0 Å². The van der Waals surface area contributed by atoms with Crippen molar-refractivity contribution in [2.24, 2.45) is 5.84 Å². The lowest BCUT2D eigenvalue weighted by molar-refractivity contribution is 0.411. The molecule has 2 aromatic carbocycles. The number of methoxy groups -OCH3 is 1. The van der Waals surface area contributed by atoms with E-state index in [-0.39, 0.29) is 6.04 Å². The molecule has 1 unspecified atom stereocenters. The Morgan fingerprint density at radius 1 is 1.14 bits per heavy atom. The second-order valence-corrected chi connectivity index (χ2v) is 6.23. The van der Waals surface area contributed by atoms with Crippen molar-refractivity contribution in [3.05, 3.63) is 62.1 Å². The average molecular weight is 370 g/mol. The number of ether oxygens (including phenoxy) is 1. The standard InChI is InChI=1S/C16H18BrClN2O/c1-9-7-15(21-3)10(2)6-12(9)16(20-19)13-8-11(18)4-5-14(13)17/h4-8,16,20H,19H2,1-3H3. The SMILES string of the molecule is COc1cc(C)c(C(NN)c2cc(Cl)ccc2Br)cc1C. The third kappa shape index (κ3) is 3.40. The van der Waals surface area contributed by atoms with Gasteiger partial charge in [-0.25, -0.2) is 5.43 Å². The lowest BCUT2D eigenvalue weighted by Gasteiger charge is -2.22. The van der Waals surface area contributed by atoms with Crippen LogP contribution in [0.25, 0.3) is 0 Å². The molecule has 0 saturated heterocycles. The molecular weight excluding hydrogens is 352 g/mol. The Kier molecular flexibility index (Phi) is 5.27. The zero-order valence-corrected chi connectivity index (χ0v) is 14.5. The molecule has 0 saturated carbocycles. The maximum absolute atomic E-state index is 6.11. The average Bonchev–Trinajstić information content (AvgIpc) is 2.46. The summed E-state index contributed by atoms with van der Waals surface area (Å²) in [5, 5.41) is 0.677. The van der Waals surface area contributed by atoms with Gasteiger partial charge in [-0.2, -0.15) is 0 Å². The summed E-state index contributed by atoms with van der Waals surface area (Å²) in [5.74, 6) is 6.67. The Balaban J connectivity index is 2.56. The van der Waals surface area contributed by atoms with Crippen LogP contribution in [0.2, 0.25) is 5.02 Å². The van der Waals surface area contributed by atoms with Gasteiger partial charge < -0.3 is 4.74 Å². The first-order valence-electron chi connectivity index (χ1n) is 6.54. The molecule has 2 rings (SSSR count). The van der Waals surface area contributed by atoms with Crippen molar-refractivity contribution in [3.8, 4) is 5.75 Å². The number of hydrazine groups is 1. The van der Waals surface area contributed by atoms with Crippen LogP contribution in [-0.4, -0.2) is 7.11 Å². The summed E-state index contributed by atoms with van der Waals surface area (Å²) in [6, 6.07) is 9.64. The Morgan fingerprint density at radius 3 is 2.48 bits per heavy atom. The topological polar surface area (TPSA) is 47.3 Å². The van der Waals surface area contributed by atoms with Crippen molar-refractivity contribution in [2.45, 2.75) is 19.9 Å². The van der Waals surface area contributed by atoms with Gasteiger partial charge in [-0.05, 0) is 60.4 Å². The highest BCUT2D eigenvalue weighted by molar-refractivity contribution is 9.10. The number of nitrogens with two attached hydrogens (primary N) is 1. The minimum atomic E-state index is -0.150. The number of hydrogen-bond donors (Lipinski definition) is 2. The predicted molar refractivity (Wildman–Crippen MR) is 90.8 cm³/mol. The zero-order chi connectivity index (χ0) is 15.6. The van der Waals surface area contributed by atoms with Gasteiger partial charge in [0.05, 0.1) is 13.2 Å². The van der Waals surface area contributed by atoms with Crippen molar-refractivity contribution in [1.82, 2.24) is 5.43 Å². The van der Waals surface area contributed by atoms with Crippen LogP contribution in [0, 0.1) is 13.8 Å². The van der Waals surface area contributed by atoms with E-state index in [1.165, 1.54) is 0 Å². The number of hydrogen-bond acceptors (Lipinski definition) is 3. The van der Waals surface area contributed by atoms with Gasteiger partial charge in [-0.1, -0.05) is 33.6 Å². The molecule has 0 heterocycles. The summed E-state index contributed by atoms with van der Waals surface area (Å²) in [6.07, 6.45) is 0. The van der Waals surface area contributed by atoms with Gasteiger partial charge in [0.15, 0.2) is 0 Å². The lowest BCUT2D eigenvalue weighted by atomic mass is 9.93. The molecule has 3 N–H and O–H groups in total. The number of rotatable bonds is 4. The molecule has 0 bridgehead atoms. The van der Waals surface area contributed by atoms with E-state index in [4.69, 9.17) is 22.2 Å². The molecule has 1 atom stereocenters. The monoisotopic (exact) mass is 368 g/mol. The van der Waals surface area contributed by atoms with Gasteiger partial charge >= 0.3 is 0 Å². The fourth-order valence-corrected chi connectivity index (χ4v) is 3.08. The maximum atomic E-state index is 6.11. The van der Waals surface area contributed by atoms with Crippen molar-refractivity contribution in [2.75, 3.05) is 7.11 Å². The molecule has 0 aromatic heterocycles. The molecule has 5 heteroatoms. The number of nitrogens with one attached hydrogen (secondary N) is 1. The van der Waals surface area contributed by atoms with E-state index in [0.717, 1.165) is 32.5 Å². The quantitative estimate of drug-likeness (QED) is 0.624. The first-order valence-corrected chi connectivity index (χ1v) is 7.71. The van der Waals surface area contributed by atoms with E-state index in [9.17, 15) is 0 Å². The van der Waals surface area contributed by atoms with E-state index in [1.54, 1.807) is 7.11 Å². The molecule has 0 radical (unpaired) electrons. The molecule has 0 aliphatic heterocycles. The molecule has 2 aromatic rings. The molecule has 3 nitrogen and oxygen atoms in total. The van der Waals surface area contributed by atoms with E-state index in [1.807, 2.05) is 38.1 Å². The maximum Gasteiger partial charge on any atom is 0.122 e. The highest BCUT2D eigenvalue weighted by atomic mass is 79.9. The van der Waals surface area contributed by atoms with Crippen molar-refractivity contribution >= 4 is 27.5 Å². The fourth-order valence-electron chi connectivity index (χ4n) is 2.43. The predicted octanol–water partition coefficient (Wildman–Crippen LogP) is 4.28. The minimum absolute atomic E-state index is 0.150. The van der Waals surface area contributed by atoms with Crippen LogP contribution < -0.4 is 16.0 Å². The minimum Gasteiger partial charge on any atom is -0.496 e. The first-order chi connectivity index (χ1) is 9.97. The molecular formula is C16H18BrClN2O. The van der Waals surface area contributed by atoms with Crippen LogP contribution in [0.4, 0.5) is 0 Å². The molecule has 0 fully saturated rings. The summed E-state index contributed by atoms with van der Waals surface area (Å²) in [7, 11) is 1.67. The summed E-state index contributed by atoms with van der Waals surface area (Å²) >= 11 is 9.68. The number of aryl methyl sites for hydroxylation is 2. The molecule has 0 aliphatic carbocycles. The molecule has 0 amide bonds. The molecule has 0 aliphatic rings. The van der Waals surface area contributed by atoms with Crippen LogP contribution in [0.5, 0.6) is 5.75 Å². The lowest BCUT2D eigenvalue weighted by Crippen LogP contribution is -2.29. The normalized spacial score (nSPS) is 12.3. The van der Waals surface area contributed by atoms with Gasteiger partial charge in [-0.3, -0.25) is 5.84 Å². The van der Waals surface area contributed by atoms with E-state index in [0.29, 0.717) is 5.02 Å². The van der Waals surface area contributed by atoms with Crippen LogP contribution in [0.1, 0.15) is 28.3 Å². The van der Waals surface area contributed by atoms with E-state index in [2.05, 4.69) is 27.4 Å². The second-order valence-electron chi connectivity index (χ2n) is 4.94. The van der Waals surface area contributed by atoms with Crippen molar-refractivity contribution < 1.29 is 4.74 Å². The Bertz CT molecular complexity index is 661. The van der Waals surface area contributed by atoms with E-state index < -0.39 is 0 Å². The zero-order valence-electron chi connectivity index (χ0n) is 12.2. The van der Waals surface area contributed by atoms with Gasteiger partial charge in [0.25, 0.3) is 0 Å². The number of halogens is 2. The van der Waals surface area contributed by atoms with Crippen LogP contribution >= 0.6 is 27.5 Å². The third-order valence-corrected chi connectivity index (χ3v) is 4.49. The van der Waals surface area contributed by atoms with E-state index >= 15 is 0 Å². The van der Waals surface area contributed by atoms with Crippen LogP contribution in [-0.2, 0) is 0 Å². The molecule has 0 spiro atoms. The number of benzene rings is 2. The largest absolute Gasteiger partial charge is 0.496 e. The summed E-state index contributed by atoms with van der Waals surface area (Å²) < 4.78 is 6.32. The smallest absolute Gasteiger partial charge is 0.122 e. The Hall–Kier alpha value is -1.07. The fraction of sp³-hybridized carbons (Fsp3) is 0.250.